The Hall–Kier alpha value is -2.68. The van der Waals surface area contributed by atoms with Gasteiger partial charge >= 0.3 is 6.03 Å². The SMILES string of the molecule is CCCCNC(=O)NCCSC1=CNC(N)NC(c2c(C)cc3c4c(cccc24)COC3)=C1. The largest absolute Gasteiger partial charge is 0.372 e. The summed E-state index contributed by atoms with van der Waals surface area (Å²) in [5.74, 6) is 0.758. The molecular formula is C25H33N5O2S. The molecule has 1 atom stereocenters. The van der Waals surface area contributed by atoms with Crippen molar-refractivity contribution in [1.82, 2.24) is 21.3 Å². The first-order valence-corrected chi connectivity index (χ1v) is 12.5. The molecule has 0 saturated carbocycles. The molecule has 2 aromatic rings. The second kappa shape index (κ2) is 11.0. The Morgan fingerprint density at radius 2 is 2.06 bits per heavy atom. The van der Waals surface area contributed by atoms with Gasteiger partial charge in [-0.25, -0.2) is 4.79 Å². The van der Waals surface area contributed by atoms with Crippen LogP contribution in [0.3, 0.4) is 0 Å². The second-order valence-corrected chi connectivity index (χ2v) is 9.51. The summed E-state index contributed by atoms with van der Waals surface area (Å²) < 4.78 is 5.77. The van der Waals surface area contributed by atoms with Gasteiger partial charge in [-0.3, -0.25) is 5.73 Å². The Labute approximate surface area is 199 Å². The van der Waals surface area contributed by atoms with Gasteiger partial charge < -0.3 is 26.0 Å². The molecule has 0 spiro atoms. The molecule has 0 bridgehead atoms. The van der Waals surface area contributed by atoms with E-state index in [4.69, 9.17) is 10.5 Å². The number of thioether (sulfide) groups is 1. The van der Waals surface area contributed by atoms with E-state index in [0.29, 0.717) is 26.3 Å². The van der Waals surface area contributed by atoms with Crippen molar-refractivity contribution < 1.29 is 9.53 Å². The predicted octanol–water partition coefficient (Wildman–Crippen LogP) is 3.63. The molecule has 2 heterocycles. The molecule has 7 nitrogen and oxygen atoms in total. The zero-order valence-electron chi connectivity index (χ0n) is 19.3. The van der Waals surface area contributed by atoms with E-state index in [9.17, 15) is 4.79 Å². The maximum Gasteiger partial charge on any atom is 0.314 e. The van der Waals surface area contributed by atoms with Crippen LogP contribution in [0.2, 0.25) is 0 Å². The highest BCUT2D eigenvalue weighted by molar-refractivity contribution is 8.03. The van der Waals surface area contributed by atoms with E-state index in [1.165, 1.54) is 27.5 Å². The number of urea groups is 1. The Balaban J connectivity index is 1.52. The Morgan fingerprint density at radius 1 is 1.24 bits per heavy atom. The molecule has 0 aromatic heterocycles. The number of hydrogen-bond acceptors (Lipinski definition) is 6. The lowest BCUT2D eigenvalue weighted by molar-refractivity contribution is 0.103. The molecule has 33 heavy (non-hydrogen) atoms. The van der Waals surface area contributed by atoms with Crippen molar-refractivity contribution in [3.05, 3.63) is 63.7 Å². The van der Waals surface area contributed by atoms with E-state index >= 15 is 0 Å². The number of carbonyl (C=O) groups excluding carboxylic acids is 1. The minimum absolute atomic E-state index is 0.111. The van der Waals surface area contributed by atoms with E-state index < -0.39 is 6.29 Å². The van der Waals surface area contributed by atoms with Gasteiger partial charge in [-0.1, -0.05) is 37.6 Å². The van der Waals surface area contributed by atoms with E-state index in [1.807, 2.05) is 6.20 Å². The second-order valence-electron chi connectivity index (χ2n) is 8.34. The topological polar surface area (TPSA) is 100 Å². The zero-order valence-corrected chi connectivity index (χ0v) is 20.1. The summed E-state index contributed by atoms with van der Waals surface area (Å²) in [4.78, 5) is 12.9. The first kappa shape index (κ1) is 23.5. The van der Waals surface area contributed by atoms with Crippen LogP contribution < -0.4 is 27.0 Å². The van der Waals surface area contributed by atoms with Crippen LogP contribution in [0, 0.1) is 6.92 Å². The highest BCUT2D eigenvalue weighted by atomic mass is 32.2. The van der Waals surface area contributed by atoms with E-state index in [-0.39, 0.29) is 6.03 Å². The molecule has 176 valence electrons. The zero-order chi connectivity index (χ0) is 23.2. The molecule has 2 aliphatic rings. The van der Waals surface area contributed by atoms with Crippen molar-refractivity contribution in [2.45, 2.75) is 46.2 Å². The molecule has 4 rings (SSSR count). The van der Waals surface area contributed by atoms with Gasteiger partial charge in [-0.05, 0) is 46.9 Å². The van der Waals surface area contributed by atoms with E-state index in [0.717, 1.165) is 34.8 Å². The average Bonchev–Trinajstić information content (AvgIpc) is 2.98. The Bertz CT molecular complexity index is 1080. The number of hydrogen-bond donors (Lipinski definition) is 5. The lowest BCUT2D eigenvalue weighted by atomic mass is 9.90. The van der Waals surface area contributed by atoms with Gasteiger partial charge in [0.2, 0.25) is 0 Å². The van der Waals surface area contributed by atoms with Crippen LogP contribution >= 0.6 is 11.8 Å². The first-order chi connectivity index (χ1) is 16.1. The average molecular weight is 468 g/mol. The minimum Gasteiger partial charge on any atom is -0.372 e. The molecule has 0 radical (unpaired) electrons. The highest BCUT2D eigenvalue weighted by Crippen LogP contribution is 2.36. The lowest BCUT2D eigenvalue weighted by Gasteiger charge is -2.24. The fourth-order valence-electron chi connectivity index (χ4n) is 4.28. The van der Waals surface area contributed by atoms with E-state index in [2.05, 4.69) is 65.5 Å². The summed E-state index contributed by atoms with van der Waals surface area (Å²) in [5, 5.41) is 14.9. The van der Waals surface area contributed by atoms with Crippen LogP contribution in [0.15, 0.2) is 41.4 Å². The summed E-state index contributed by atoms with van der Waals surface area (Å²) in [6.45, 7) is 6.82. The fraction of sp³-hybridized carbons (Fsp3) is 0.400. The summed E-state index contributed by atoms with van der Waals surface area (Å²) in [5.41, 5.74) is 12.1. The third-order valence-corrected chi connectivity index (χ3v) is 6.76. The minimum atomic E-state index is -0.398. The number of ether oxygens (including phenoxy) is 1. The van der Waals surface area contributed by atoms with Crippen LogP contribution in [0.4, 0.5) is 4.79 Å². The first-order valence-electron chi connectivity index (χ1n) is 11.5. The number of amides is 2. The molecule has 0 aliphatic carbocycles. The van der Waals surface area contributed by atoms with Crippen LogP contribution in [0.5, 0.6) is 0 Å². The van der Waals surface area contributed by atoms with Crippen molar-refractivity contribution in [2.75, 3.05) is 18.8 Å². The van der Waals surface area contributed by atoms with E-state index in [1.54, 1.807) is 11.8 Å². The summed E-state index contributed by atoms with van der Waals surface area (Å²) in [6, 6.07) is 8.53. The van der Waals surface area contributed by atoms with Gasteiger partial charge in [-0.15, -0.1) is 11.8 Å². The molecule has 8 heteroatoms. The van der Waals surface area contributed by atoms with Gasteiger partial charge in [-0.2, -0.15) is 0 Å². The summed E-state index contributed by atoms with van der Waals surface area (Å²) in [7, 11) is 0. The third kappa shape index (κ3) is 5.63. The summed E-state index contributed by atoms with van der Waals surface area (Å²) >= 11 is 1.68. The number of allylic oxidation sites excluding steroid dienone is 1. The fourth-order valence-corrected chi connectivity index (χ4v) is 5.07. The van der Waals surface area contributed by atoms with Crippen molar-refractivity contribution in [1.29, 1.82) is 0 Å². The number of rotatable bonds is 8. The van der Waals surface area contributed by atoms with Crippen molar-refractivity contribution in [3.63, 3.8) is 0 Å². The lowest BCUT2D eigenvalue weighted by Crippen LogP contribution is -2.45. The normalized spacial score (nSPS) is 17.4. The molecule has 2 aromatic carbocycles. The summed E-state index contributed by atoms with van der Waals surface area (Å²) in [6.07, 6.45) is 5.73. The monoisotopic (exact) mass is 467 g/mol. The van der Waals surface area contributed by atoms with Crippen LogP contribution in [-0.2, 0) is 18.0 Å². The number of nitrogens with two attached hydrogens (primary N) is 1. The molecule has 2 amide bonds. The maximum atomic E-state index is 11.8. The third-order valence-electron chi connectivity index (χ3n) is 5.79. The van der Waals surface area contributed by atoms with Crippen molar-refractivity contribution in [3.8, 4) is 0 Å². The van der Waals surface area contributed by atoms with Gasteiger partial charge in [0.25, 0.3) is 0 Å². The number of carbonyl (C=O) groups is 1. The molecule has 6 N–H and O–H groups in total. The molecule has 0 fully saturated rings. The number of unbranched alkanes of at least 4 members (excludes halogenated alkanes) is 1. The highest BCUT2D eigenvalue weighted by Gasteiger charge is 2.20. The quantitative estimate of drug-likeness (QED) is 0.380. The van der Waals surface area contributed by atoms with Gasteiger partial charge in [0, 0.05) is 41.2 Å². The number of benzene rings is 2. The molecular weight excluding hydrogens is 434 g/mol. The molecule has 0 saturated heterocycles. The van der Waals surface area contributed by atoms with Crippen molar-refractivity contribution in [2.24, 2.45) is 5.73 Å². The predicted molar refractivity (Wildman–Crippen MR) is 136 cm³/mol. The van der Waals surface area contributed by atoms with Gasteiger partial charge in [0.05, 0.1) is 13.2 Å². The van der Waals surface area contributed by atoms with Crippen LogP contribution in [0.25, 0.3) is 16.5 Å². The number of aryl methyl sites for hydroxylation is 1. The number of nitrogens with one attached hydrogen (secondary N) is 4. The molecule has 1 unspecified atom stereocenters. The smallest absolute Gasteiger partial charge is 0.314 e. The molecule has 2 aliphatic heterocycles. The maximum absolute atomic E-state index is 11.8. The van der Waals surface area contributed by atoms with Gasteiger partial charge in [0.15, 0.2) is 0 Å². The van der Waals surface area contributed by atoms with Crippen molar-refractivity contribution >= 4 is 34.3 Å². The Morgan fingerprint density at radius 3 is 2.91 bits per heavy atom. The van der Waals surface area contributed by atoms with Gasteiger partial charge in [0.1, 0.15) is 6.29 Å². The standard InChI is InChI=1S/C25H33N5O2S/c1-3-4-8-27-25(31)28-9-10-33-19-12-21(30-24(26)29-13-19)22-16(2)11-18-15-32-14-17-6-5-7-20(22)23(17)18/h5-7,11-13,24,29-30H,3-4,8-10,14-15,26H2,1-2H3,(H2,27,28,31). The van der Waals surface area contributed by atoms with Crippen LogP contribution in [-0.4, -0.2) is 31.2 Å². The van der Waals surface area contributed by atoms with Crippen LogP contribution in [0.1, 0.15) is 42.0 Å². The Kier molecular flexibility index (Phi) is 7.80.